The topological polar surface area (TPSA) is 112 Å². The Balaban J connectivity index is 2.47. The fraction of sp³-hybridized carbons (Fsp3) is 0.500. The third-order valence-corrected chi connectivity index (χ3v) is 10.0. The summed E-state index contributed by atoms with van der Waals surface area (Å²) >= 11 is 0. The molecule has 1 aromatic carbocycles. The van der Waals surface area contributed by atoms with Crippen molar-refractivity contribution in [3.63, 3.8) is 0 Å². The molecule has 2 saturated carbocycles. The second-order valence-corrected chi connectivity index (χ2v) is 14.3. The predicted molar refractivity (Wildman–Crippen MR) is 176 cm³/mol. The summed E-state index contributed by atoms with van der Waals surface area (Å²) in [7, 11) is 0. The Labute approximate surface area is 263 Å². The zero-order valence-corrected chi connectivity index (χ0v) is 27.9. The molecule has 0 aliphatic heterocycles. The molecule has 0 unspecified atom stereocenters. The fourth-order valence-corrected chi connectivity index (χ4v) is 7.08. The molecular formula is C38H50O6. The summed E-state index contributed by atoms with van der Waals surface area (Å²) in [5.41, 5.74) is -0.453. The minimum Gasteiger partial charge on any atom is -0.506 e. The molecule has 2 aliphatic rings. The normalized spacial score (nSPS) is 26.0. The van der Waals surface area contributed by atoms with E-state index in [4.69, 9.17) is 0 Å². The smallest absolute Gasteiger partial charge is 0.184 e. The summed E-state index contributed by atoms with van der Waals surface area (Å²) in [6.45, 7) is 21.9. The van der Waals surface area contributed by atoms with Gasteiger partial charge in [0.2, 0.25) is 0 Å². The molecule has 0 amide bonds. The highest BCUT2D eigenvalue weighted by atomic mass is 16.3. The number of carbonyl (C=O) groups excluding carboxylic acids is 3. The number of Topliss-reactive ketones (excluding diaryl/α,β-unsaturated/α-hetero) is 3. The SMILES string of the molecule is C=C(C)[C@H](CC=C(C)C)C[C@@]12C[C@@H](CC=C(C)C)C(C)(C)[C@@](CC=C(C)C)(C(=O)/C(=C(\O)c3ccc(O)c(O)c3)C1=O)C2=O. The first-order valence-corrected chi connectivity index (χ1v) is 15.5. The Morgan fingerprint density at radius 2 is 1.50 bits per heavy atom. The third-order valence-electron chi connectivity index (χ3n) is 10.0. The molecule has 0 saturated heterocycles. The van der Waals surface area contributed by atoms with Crippen LogP contribution in [0, 0.1) is 28.1 Å². The minimum atomic E-state index is -1.62. The maximum absolute atomic E-state index is 15.2. The first kappa shape index (κ1) is 34.8. The lowest BCUT2D eigenvalue weighted by molar-refractivity contribution is -0.177. The van der Waals surface area contributed by atoms with Crippen molar-refractivity contribution in [2.24, 2.45) is 28.1 Å². The number of ketones is 3. The second kappa shape index (κ2) is 12.7. The minimum absolute atomic E-state index is 0.0110. The average molecular weight is 603 g/mol. The van der Waals surface area contributed by atoms with Gasteiger partial charge in [-0.15, -0.1) is 0 Å². The van der Waals surface area contributed by atoms with E-state index >= 15 is 4.79 Å². The van der Waals surface area contributed by atoms with Crippen LogP contribution in [0.5, 0.6) is 11.5 Å². The monoisotopic (exact) mass is 602 g/mol. The standard InChI is InChI=1S/C38H50O6/c1-22(2)11-13-27(25(7)8)20-37-21-28(15-12-23(3)4)36(9,10)38(35(37)44,18-17-24(5)6)34(43)31(33(37)42)32(41)26-14-16-29(39)30(40)19-26/h11-12,14,16-17,19,27-28,39-41H,7,13,15,18,20-21H2,1-6,8-10H3/b32-31-/t27-,28-,37-,38+/m1/s1. The van der Waals surface area contributed by atoms with Crippen molar-refractivity contribution in [1.82, 2.24) is 0 Å². The number of fused-ring (bicyclic) bond motifs is 2. The van der Waals surface area contributed by atoms with Gasteiger partial charge in [-0.2, -0.15) is 0 Å². The van der Waals surface area contributed by atoms with Crippen LogP contribution in [0.3, 0.4) is 0 Å². The van der Waals surface area contributed by atoms with Gasteiger partial charge in [0, 0.05) is 5.56 Å². The van der Waals surface area contributed by atoms with Crippen molar-refractivity contribution >= 4 is 23.1 Å². The number of aliphatic hydroxyl groups excluding tert-OH is 1. The Hall–Kier alpha value is -3.67. The summed E-state index contributed by atoms with van der Waals surface area (Å²) < 4.78 is 0. The van der Waals surface area contributed by atoms with E-state index in [1.807, 2.05) is 68.4 Å². The van der Waals surface area contributed by atoms with E-state index in [-0.39, 0.29) is 42.4 Å². The molecule has 0 spiro atoms. The number of rotatable bonds is 10. The summed E-state index contributed by atoms with van der Waals surface area (Å²) in [5, 5.41) is 31.7. The van der Waals surface area contributed by atoms with Gasteiger partial charge in [-0.25, -0.2) is 0 Å². The molecule has 3 rings (SSSR count). The quantitative estimate of drug-likeness (QED) is 0.0616. The third kappa shape index (κ3) is 6.00. The van der Waals surface area contributed by atoms with Gasteiger partial charge < -0.3 is 15.3 Å². The van der Waals surface area contributed by atoms with Crippen molar-refractivity contribution in [1.29, 1.82) is 0 Å². The van der Waals surface area contributed by atoms with Gasteiger partial charge in [0.05, 0.1) is 5.41 Å². The summed E-state index contributed by atoms with van der Waals surface area (Å²) in [4.78, 5) is 44.9. The van der Waals surface area contributed by atoms with Crippen LogP contribution in [0.4, 0.5) is 0 Å². The molecule has 0 heterocycles. The van der Waals surface area contributed by atoms with Crippen LogP contribution in [0.1, 0.15) is 100.0 Å². The number of aliphatic hydroxyl groups is 1. The number of carbonyl (C=O) groups is 3. The van der Waals surface area contributed by atoms with Gasteiger partial charge in [-0.05, 0) is 116 Å². The largest absolute Gasteiger partial charge is 0.506 e. The lowest BCUT2D eigenvalue weighted by Crippen LogP contribution is -2.69. The molecule has 238 valence electrons. The van der Waals surface area contributed by atoms with Crippen LogP contribution >= 0.6 is 0 Å². The van der Waals surface area contributed by atoms with Crippen molar-refractivity contribution in [3.8, 4) is 11.5 Å². The van der Waals surface area contributed by atoms with Crippen molar-refractivity contribution in [3.05, 3.63) is 76.4 Å². The Bertz CT molecular complexity index is 1490. The van der Waals surface area contributed by atoms with Crippen LogP contribution in [0.15, 0.2) is 70.9 Å². The van der Waals surface area contributed by atoms with E-state index in [0.717, 1.165) is 28.4 Å². The van der Waals surface area contributed by atoms with E-state index < -0.39 is 50.6 Å². The second-order valence-electron chi connectivity index (χ2n) is 14.3. The van der Waals surface area contributed by atoms with Crippen molar-refractivity contribution < 1.29 is 29.7 Å². The first-order chi connectivity index (χ1) is 20.3. The zero-order valence-electron chi connectivity index (χ0n) is 27.9. The summed E-state index contributed by atoms with van der Waals surface area (Å²) in [5.74, 6) is -3.61. The predicted octanol–water partition coefficient (Wildman–Crippen LogP) is 8.76. The number of phenols is 2. The number of hydrogen-bond donors (Lipinski definition) is 3. The Kier molecular flexibility index (Phi) is 10.1. The van der Waals surface area contributed by atoms with Gasteiger partial charge in [-0.1, -0.05) is 60.9 Å². The highest BCUT2D eigenvalue weighted by Crippen LogP contribution is 2.66. The van der Waals surface area contributed by atoms with Gasteiger partial charge in [0.1, 0.15) is 16.7 Å². The Morgan fingerprint density at radius 3 is 2.02 bits per heavy atom. The maximum atomic E-state index is 15.2. The molecule has 4 atom stereocenters. The van der Waals surface area contributed by atoms with Crippen LogP contribution in [0.25, 0.3) is 5.76 Å². The summed E-state index contributed by atoms with van der Waals surface area (Å²) in [6.07, 6.45) is 7.79. The van der Waals surface area contributed by atoms with Crippen molar-refractivity contribution in [2.75, 3.05) is 0 Å². The molecule has 0 aromatic heterocycles. The number of phenolic OH excluding ortho intramolecular Hbond substituents is 2. The number of benzene rings is 1. The van der Waals surface area contributed by atoms with E-state index in [1.54, 1.807) is 0 Å². The molecule has 6 heteroatoms. The molecule has 6 nitrogen and oxygen atoms in total. The molecule has 3 N–H and O–H groups in total. The molecular weight excluding hydrogens is 552 g/mol. The number of hydrogen-bond acceptors (Lipinski definition) is 6. The van der Waals surface area contributed by atoms with E-state index in [1.165, 1.54) is 12.1 Å². The zero-order chi connectivity index (χ0) is 33.4. The highest BCUT2D eigenvalue weighted by molar-refractivity contribution is 6.41. The average Bonchev–Trinajstić information content (AvgIpc) is 2.91. The van der Waals surface area contributed by atoms with Crippen molar-refractivity contribution in [2.45, 2.75) is 94.4 Å². The van der Waals surface area contributed by atoms with Crippen LogP contribution in [-0.2, 0) is 14.4 Å². The van der Waals surface area contributed by atoms with Gasteiger partial charge in [-0.3, -0.25) is 14.4 Å². The first-order valence-electron chi connectivity index (χ1n) is 15.5. The molecule has 0 radical (unpaired) electrons. The molecule has 2 bridgehead atoms. The summed E-state index contributed by atoms with van der Waals surface area (Å²) in [6, 6.07) is 3.65. The lowest BCUT2D eigenvalue weighted by atomic mass is 9.38. The van der Waals surface area contributed by atoms with Crippen LogP contribution < -0.4 is 0 Å². The molecule has 44 heavy (non-hydrogen) atoms. The Morgan fingerprint density at radius 1 is 0.909 bits per heavy atom. The lowest BCUT2D eigenvalue weighted by Gasteiger charge is -2.60. The fourth-order valence-electron chi connectivity index (χ4n) is 7.08. The van der Waals surface area contributed by atoms with Gasteiger partial charge in [0.25, 0.3) is 0 Å². The van der Waals surface area contributed by atoms with E-state index in [0.29, 0.717) is 12.8 Å². The van der Waals surface area contributed by atoms with Crippen LogP contribution in [-0.4, -0.2) is 32.7 Å². The van der Waals surface area contributed by atoms with Gasteiger partial charge >= 0.3 is 0 Å². The van der Waals surface area contributed by atoms with Crippen LogP contribution in [0.2, 0.25) is 0 Å². The van der Waals surface area contributed by atoms with Gasteiger partial charge in [0.15, 0.2) is 28.8 Å². The molecule has 1 aromatic rings. The van der Waals surface area contributed by atoms with E-state index in [2.05, 4.69) is 18.7 Å². The maximum Gasteiger partial charge on any atom is 0.184 e. The highest BCUT2D eigenvalue weighted by Gasteiger charge is 2.74. The number of aromatic hydroxyl groups is 2. The van der Waals surface area contributed by atoms with E-state index in [9.17, 15) is 24.9 Å². The molecule has 2 fully saturated rings. The molecule has 2 aliphatic carbocycles. The number of allylic oxidation sites excluding steroid dienone is 8.